The number of aliphatic hydroxyl groups is 1. The molecule has 0 amide bonds. The van der Waals surface area contributed by atoms with Gasteiger partial charge in [0.1, 0.15) is 11.3 Å². The number of aromatic amines is 3. The summed E-state index contributed by atoms with van der Waals surface area (Å²) in [4.78, 5) is 35.2. The van der Waals surface area contributed by atoms with Crippen LogP contribution in [0.2, 0.25) is 0 Å². The van der Waals surface area contributed by atoms with Crippen molar-refractivity contribution in [2.45, 2.75) is 64.4 Å². The summed E-state index contributed by atoms with van der Waals surface area (Å²) in [7, 11) is 0. The van der Waals surface area contributed by atoms with Crippen LogP contribution in [0.5, 0.6) is 0 Å². The van der Waals surface area contributed by atoms with Gasteiger partial charge in [0.25, 0.3) is 5.56 Å². The summed E-state index contributed by atoms with van der Waals surface area (Å²) >= 11 is 0. The molecule has 22 heavy (non-hydrogen) atoms. The third-order valence-corrected chi connectivity index (χ3v) is 3.86. The first-order chi connectivity index (χ1) is 10.5. The molecule has 2 aromatic rings. The van der Waals surface area contributed by atoms with Crippen molar-refractivity contribution in [1.29, 1.82) is 0 Å². The lowest BCUT2D eigenvalue weighted by atomic mass is 9.95. The van der Waals surface area contributed by atoms with E-state index in [-0.39, 0.29) is 12.0 Å². The molecule has 2 heterocycles. The summed E-state index contributed by atoms with van der Waals surface area (Å²) in [6, 6.07) is 0. The highest BCUT2D eigenvalue weighted by Gasteiger charge is 2.17. The van der Waals surface area contributed by atoms with Crippen LogP contribution < -0.4 is 11.2 Å². The number of fused-ring (bicyclic) bond motifs is 1. The lowest BCUT2D eigenvalue weighted by Gasteiger charge is -2.13. The first kappa shape index (κ1) is 16.5. The number of aliphatic hydroxyl groups excluding tert-OH is 1. The van der Waals surface area contributed by atoms with Crippen LogP contribution in [-0.2, 0) is 0 Å². The van der Waals surface area contributed by atoms with E-state index in [1.807, 2.05) is 0 Å². The molecule has 122 valence electrons. The molecule has 0 radical (unpaired) electrons. The van der Waals surface area contributed by atoms with E-state index in [1.54, 1.807) is 6.92 Å². The molecule has 0 aliphatic heterocycles. The maximum atomic E-state index is 11.8. The molecule has 7 heteroatoms. The predicted octanol–water partition coefficient (Wildman–Crippen LogP) is 1.76. The Kier molecular flexibility index (Phi) is 5.54. The van der Waals surface area contributed by atoms with Gasteiger partial charge in [0.15, 0.2) is 5.65 Å². The van der Waals surface area contributed by atoms with Gasteiger partial charge in [-0.2, -0.15) is 0 Å². The molecule has 0 aliphatic carbocycles. The minimum absolute atomic E-state index is 0.231. The minimum Gasteiger partial charge on any atom is -0.393 e. The van der Waals surface area contributed by atoms with Gasteiger partial charge in [-0.3, -0.25) is 14.8 Å². The number of nitrogens with zero attached hydrogens (tertiary/aromatic N) is 1. The number of hydrogen-bond acceptors (Lipinski definition) is 4. The fourth-order valence-corrected chi connectivity index (χ4v) is 2.74. The molecule has 4 N–H and O–H groups in total. The first-order valence-electron chi connectivity index (χ1n) is 7.91. The Labute approximate surface area is 128 Å². The number of aromatic nitrogens is 4. The molecule has 0 saturated carbocycles. The van der Waals surface area contributed by atoms with Crippen LogP contribution >= 0.6 is 0 Å². The Morgan fingerprint density at radius 3 is 2.50 bits per heavy atom. The topological polar surface area (TPSA) is 115 Å². The smallest absolute Gasteiger partial charge is 0.327 e. The highest BCUT2D eigenvalue weighted by atomic mass is 16.3. The van der Waals surface area contributed by atoms with Crippen LogP contribution in [0.4, 0.5) is 0 Å². The molecule has 0 aliphatic rings. The summed E-state index contributed by atoms with van der Waals surface area (Å²) in [5.41, 5.74) is -0.352. The van der Waals surface area contributed by atoms with Gasteiger partial charge in [0, 0.05) is 5.92 Å². The van der Waals surface area contributed by atoms with Gasteiger partial charge in [0.05, 0.1) is 6.10 Å². The van der Waals surface area contributed by atoms with E-state index >= 15 is 0 Å². The van der Waals surface area contributed by atoms with E-state index in [1.165, 1.54) is 0 Å². The van der Waals surface area contributed by atoms with Crippen molar-refractivity contribution in [3.8, 4) is 0 Å². The molecule has 2 atom stereocenters. The molecule has 0 spiro atoms. The first-order valence-corrected chi connectivity index (χ1v) is 7.91. The van der Waals surface area contributed by atoms with Crippen LogP contribution in [0.25, 0.3) is 11.2 Å². The number of unbranched alkanes of at least 4 members (excludes halogenated alkanes) is 1. The lowest BCUT2D eigenvalue weighted by Crippen LogP contribution is -2.21. The molecular formula is C15H24N4O3. The molecule has 0 aromatic carbocycles. The van der Waals surface area contributed by atoms with Gasteiger partial charge in [-0.05, 0) is 26.2 Å². The molecule has 2 rings (SSSR count). The molecule has 0 saturated heterocycles. The van der Waals surface area contributed by atoms with E-state index in [0.717, 1.165) is 44.3 Å². The van der Waals surface area contributed by atoms with Crippen molar-refractivity contribution >= 4 is 11.2 Å². The summed E-state index contributed by atoms with van der Waals surface area (Å²) in [5, 5.41) is 9.30. The average molecular weight is 308 g/mol. The molecule has 0 bridgehead atoms. The van der Waals surface area contributed by atoms with Gasteiger partial charge in [0.2, 0.25) is 0 Å². The van der Waals surface area contributed by atoms with Crippen molar-refractivity contribution in [1.82, 2.24) is 19.9 Å². The van der Waals surface area contributed by atoms with Crippen LogP contribution in [-0.4, -0.2) is 31.1 Å². The maximum Gasteiger partial charge on any atom is 0.327 e. The number of hydrogen-bond donors (Lipinski definition) is 4. The van der Waals surface area contributed by atoms with Gasteiger partial charge >= 0.3 is 5.69 Å². The van der Waals surface area contributed by atoms with E-state index in [9.17, 15) is 14.7 Å². The summed E-state index contributed by atoms with van der Waals surface area (Å²) in [6.07, 6.45) is 5.44. The van der Waals surface area contributed by atoms with E-state index in [4.69, 9.17) is 0 Å². The Morgan fingerprint density at radius 2 is 1.82 bits per heavy atom. The van der Waals surface area contributed by atoms with Gasteiger partial charge in [-0.15, -0.1) is 0 Å². The third-order valence-electron chi connectivity index (χ3n) is 3.86. The molecular weight excluding hydrogens is 284 g/mol. The SMILES string of the molecule is CCCC(CCCCC(C)O)c1nc2[nH]c(=O)[nH]c(=O)c2[nH]1. The Hall–Kier alpha value is -1.89. The van der Waals surface area contributed by atoms with Crippen LogP contribution in [0, 0.1) is 0 Å². The monoisotopic (exact) mass is 308 g/mol. The number of rotatable bonds is 8. The summed E-state index contributed by atoms with van der Waals surface area (Å²) in [5.74, 6) is 0.982. The summed E-state index contributed by atoms with van der Waals surface area (Å²) < 4.78 is 0. The van der Waals surface area contributed by atoms with Crippen molar-refractivity contribution < 1.29 is 5.11 Å². The van der Waals surface area contributed by atoms with Gasteiger partial charge in [-0.25, -0.2) is 9.78 Å². The third kappa shape index (κ3) is 4.07. The second kappa shape index (κ2) is 7.40. The quantitative estimate of drug-likeness (QED) is 0.556. The van der Waals surface area contributed by atoms with E-state index < -0.39 is 11.2 Å². The highest BCUT2D eigenvalue weighted by molar-refractivity contribution is 5.68. The largest absolute Gasteiger partial charge is 0.393 e. The van der Waals surface area contributed by atoms with Crippen LogP contribution in [0.3, 0.4) is 0 Å². The zero-order valence-corrected chi connectivity index (χ0v) is 13.1. The van der Waals surface area contributed by atoms with Crippen molar-refractivity contribution in [3.05, 3.63) is 26.7 Å². The zero-order valence-electron chi connectivity index (χ0n) is 13.1. The standard InChI is InChI=1S/C15H24N4O3/c1-3-6-10(8-5-4-7-9(2)20)12-16-11-13(17-12)18-15(22)19-14(11)21/h9-10,20H,3-8H2,1-2H3,(H3,16,17,18,19,21,22). The zero-order chi connectivity index (χ0) is 16.1. The Morgan fingerprint density at radius 1 is 1.09 bits per heavy atom. The van der Waals surface area contributed by atoms with Crippen LogP contribution in [0.1, 0.15) is 64.1 Å². The fourth-order valence-electron chi connectivity index (χ4n) is 2.74. The molecule has 2 aromatic heterocycles. The van der Waals surface area contributed by atoms with E-state index in [0.29, 0.717) is 11.2 Å². The van der Waals surface area contributed by atoms with E-state index in [2.05, 4.69) is 26.9 Å². The fraction of sp³-hybridized carbons (Fsp3) is 0.667. The number of nitrogens with one attached hydrogen (secondary N) is 3. The van der Waals surface area contributed by atoms with Gasteiger partial charge < -0.3 is 10.1 Å². The molecule has 2 unspecified atom stereocenters. The normalized spacial score (nSPS) is 14.3. The second-order valence-electron chi connectivity index (χ2n) is 5.87. The second-order valence-corrected chi connectivity index (χ2v) is 5.87. The minimum atomic E-state index is -0.542. The molecule has 0 fully saturated rings. The highest BCUT2D eigenvalue weighted by Crippen LogP contribution is 2.26. The maximum absolute atomic E-state index is 11.8. The molecule has 7 nitrogen and oxygen atoms in total. The lowest BCUT2D eigenvalue weighted by molar-refractivity contribution is 0.180. The predicted molar refractivity (Wildman–Crippen MR) is 85.1 cm³/mol. The average Bonchev–Trinajstić information content (AvgIpc) is 2.86. The summed E-state index contributed by atoms with van der Waals surface area (Å²) in [6.45, 7) is 3.91. The van der Waals surface area contributed by atoms with Crippen molar-refractivity contribution in [2.24, 2.45) is 0 Å². The number of H-pyrrole nitrogens is 3. The van der Waals surface area contributed by atoms with Crippen molar-refractivity contribution in [3.63, 3.8) is 0 Å². The van der Waals surface area contributed by atoms with Crippen molar-refractivity contribution in [2.75, 3.05) is 0 Å². The Bertz CT molecular complexity index is 713. The number of imidazole rings is 1. The van der Waals surface area contributed by atoms with Crippen LogP contribution in [0.15, 0.2) is 9.59 Å². The Balaban J connectivity index is 2.16. The van der Waals surface area contributed by atoms with Gasteiger partial charge in [-0.1, -0.05) is 26.2 Å².